The molecule has 0 aromatic heterocycles. The first-order chi connectivity index (χ1) is 7.63. The van der Waals surface area contributed by atoms with Gasteiger partial charge in [0.25, 0.3) is 0 Å². The van der Waals surface area contributed by atoms with Crippen molar-refractivity contribution < 1.29 is 8.54 Å². The Kier molecular flexibility index (Phi) is 36.2. The molecule has 5 heteroatoms. The maximum absolute atomic E-state index is 6.52. The molecule has 0 aliphatic carbocycles. The van der Waals surface area contributed by atoms with Crippen LogP contribution >= 0.6 is 12.6 Å². The molecular formula is C18H54O2SSi2. The van der Waals surface area contributed by atoms with Crippen LogP contribution in [0.15, 0.2) is 0 Å². The summed E-state index contributed by atoms with van der Waals surface area (Å²) < 4.78 is 12.5. The first-order valence-corrected chi connectivity index (χ1v) is 12.8. The SMILES string of the molecule is C.C.C.C.C.C.CC(C)O[Si](C)(C)O[Si](C)(CCCS)C(C)C. The number of rotatable bonds is 8. The topological polar surface area (TPSA) is 18.5 Å². The molecule has 2 nitrogen and oxygen atoms in total. The lowest BCUT2D eigenvalue weighted by molar-refractivity contribution is 0.185. The Morgan fingerprint density at radius 2 is 1.22 bits per heavy atom. The Hall–Kier alpha value is 0.704. The highest BCUT2D eigenvalue weighted by Gasteiger charge is 2.40. The molecule has 1 unspecified atom stereocenters. The zero-order chi connectivity index (χ0) is 13.7. The van der Waals surface area contributed by atoms with E-state index in [0.717, 1.165) is 12.2 Å². The van der Waals surface area contributed by atoms with E-state index in [-0.39, 0.29) is 50.7 Å². The summed E-state index contributed by atoms with van der Waals surface area (Å²) >= 11 is 4.31. The van der Waals surface area contributed by atoms with E-state index in [1.165, 1.54) is 6.04 Å². The van der Waals surface area contributed by atoms with Crippen LogP contribution in [0.25, 0.3) is 0 Å². The van der Waals surface area contributed by atoms with E-state index in [2.05, 4.69) is 60.0 Å². The number of thiol groups is 1. The molecule has 0 rings (SSSR count). The lowest BCUT2D eigenvalue weighted by atomic mass is 10.5. The average molecular weight is 391 g/mol. The molecule has 1 atom stereocenters. The highest BCUT2D eigenvalue weighted by molar-refractivity contribution is 7.80. The zero-order valence-electron chi connectivity index (χ0n) is 12.5. The molecular weight excluding hydrogens is 336 g/mol. The van der Waals surface area contributed by atoms with Crippen LogP contribution in [0, 0.1) is 0 Å². The smallest absolute Gasteiger partial charge is 0.321 e. The van der Waals surface area contributed by atoms with Crippen molar-refractivity contribution in [1.29, 1.82) is 0 Å². The zero-order valence-corrected chi connectivity index (χ0v) is 15.4. The standard InChI is InChI=1S/C12H30O2SSi2.6CH4/c1-11(2)13-16(5,6)14-17(7,12(3)4)10-8-9-15;;;;;;/h11-12,15H,8-10H2,1-7H3;6*1H4. The molecule has 0 heterocycles. The number of hydrogen-bond donors (Lipinski definition) is 1. The highest BCUT2D eigenvalue weighted by atomic mass is 32.1. The van der Waals surface area contributed by atoms with Gasteiger partial charge in [-0.25, -0.2) is 0 Å². The second-order valence-electron chi connectivity index (χ2n) is 5.96. The van der Waals surface area contributed by atoms with Gasteiger partial charge >= 0.3 is 8.56 Å². The van der Waals surface area contributed by atoms with Gasteiger partial charge in [0.1, 0.15) is 0 Å². The van der Waals surface area contributed by atoms with Crippen LogP contribution in [0.4, 0.5) is 0 Å². The Morgan fingerprint density at radius 3 is 1.48 bits per heavy atom. The molecule has 0 aromatic rings. The van der Waals surface area contributed by atoms with Gasteiger partial charge in [-0.1, -0.05) is 58.4 Å². The quantitative estimate of drug-likeness (QED) is 0.332. The van der Waals surface area contributed by atoms with Crippen molar-refractivity contribution >= 4 is 29.5 Å². The van der Waals surface area contributed by atoms with E-state index in [4.69, 9.17) is 8.54 Å². The minimum absolute atomic E-state index is 0. The minimum atomic E-state index is -1.98. The van der Waals surface area contributed by atoms with Gasteiger partial charge in [-0.3, -0.25) is 0 Å². The molecule has 0 spiro atoms. The van der Waals surface area contributed by atoms with E-state index in [9.17, 15) is 0 Å². The first kappa shape index (κ1) is 43.8. The van der Waals surface area contributed by atoms with Crippen molar-refractivity contribution in [3.05, 3.63) is 0 Å². The van der Waals surface area contributed by atoms with Crippen molar-refractivity contribution in [2.75, 3.05) is 5.75 Å². The third-order valence-corrected chi connectivity index (χ3v) is 12.0. The van der Waals surface area contributed by atoms with Crippen molar-refractivity contribution in [3.63, 3.8) is 0 Å². The number of hydrogen-bond acceptors (Lipinski definition) is 3. The van der Waals surface area contributed by atoms with Gasteiger partial charge in [0.2, 0.25) is 0 Å². The second-order valence-corrected chi connectivity index (χ2v) is 14.5. The van der Waals surface area contributed by atoms with Crippen molar-refractivity contribution in [2.24, 2.45) is 0 Å². The molecule has 0 saturated carbocycles. The Balaban J connectivity index is -0.0000000853. The minimum Gasteiger partial charge on any atom is -0.436 e. The van der Waals surface area contributed by atoms with Gasteiger partial charge in [-0.05, 0) is 57.2 Å². The molecule has 0 aliphatic heterocycles. The van der Waals surface area contributed by atoms with Crippen LogP contribution in [-0.4, -0.2) is 28.7 Å². The van der Waals surface area contributed by atoms with Crippen LogP contribution in [0.5, 0.6) is 0 Å². The summed E-state index contributed by atoms with van der Waals surface area (Å²) in [5.74, 6) is 0.950. The molecule has 0 amide bonds. The fraction of sp³-hybridized carbons (Fsp3) is 1.00. The van der Waals surface area contributed by atoms with Crippen LogP contribution in [-0.2, 0) is 8.54 Å². The third-order valence-electron chi connectivity index (χ3n) is 3.05. The van der Waals surface area contributed by atoms with Gasteiger partial charge < -0.3 is 8.54 Å². The summed E-state index contributed by atoms with van der Waals surface area (Å²) in [5.41, 5.74) is 0.630. The van der Waals surface area contributed by atoms with Crippen molar-refractivity contribution in [1.82, 2.24) is 0 Å². The van der Waals surface area contributed by atoms with Gasteiger partial charge in [0.05, 0.1) is 0 Å². The van der Waals surface area contributed by atoms with Crippen LogP contribution in [0.3, 0.4) is 0 Å². The summed E-state index contributed by atoms with van der Waals surface area (Å²) in [7, 11) is -3.64. The van der Waals surface area contributed by atoms with Crippen LogP contribution < -0.4 is 0 Å². The predicted octanol–water partition coefficient (Wildman–Crippen LogP) is 8.25. The fourth-order valence-corrected chi connectivity index (χ4v) is 11.1. The van der Waals surface area contributed by atoms with Crippen molar-refractivity contribution in [3.8, 4) is 0 Å². The summed E-state index contributed by atoms with van der Waals surface area (Å²) in [6, 6.07) is 1.19. The van der Waals surface area contributed by atoms with E-state index in [0.29, 0.717) is 5.54 Å². The summed E-state index contributed by atoms with van der Waals surface area (Å²) in [6.07, 6.45) is 1.41. The van der Waals surface area contributed by atoms with Crippen LogP contribution in [0.1, 0.15) is 78.7 Å². The molecule has 0 fully saturated rings. The van der Waals surface area contributed by atoms with E-state index < -0.39 is 16.9 Å². The van der Waals surface area contributed by atoms with E-state index in [1.807, 2.05) is 0 Å². The summed E-state index contributed by atoms with van der Waals surface area (Å²) in [4.78, 5) is 0. The maximum atomic E-state index is 6.52. The van der Waals surface area contributed by atoms with Gasteiger partial charge in [0, 0.05) is 6.10 Å². The molecule has 0 saturated heterocycles. The molecule has 152 valence electrons. The molecule has 0 bridgehead atoms. The van der Waals surface area contributed by atoms with Gasteiger partial charge in [-0.15, -0.1) is 0 Å². The summed E-state index contributed by atoms with van der Waals surface area (Å²) in [5, 5.41) is 0. The highest BCUT2D eigenvalue weighted by Crippen LogP contribution is 2.31. The third kappa shape index (κ3) is 18.9. The van der Waals surface area contributed by atoms with Gasteiger partial charge in [-0.2, -0.15) is 12.6 Å². The van der Waals surface area contributed by atoms with Crippen molar-refractivity contribution in [2.45, 2.75) is 116 Å². The Bertz CT molecular complexity index is 225. The molecule has 0 N–H and O–H groups in total. The second kappa shape index (κ2) is 19.0. The normalized spacial score (nSPS) is 12.3. The Labute approximate surface area is 159 Å². The average Bonchev–Trinajstić information content (AvgIpc) is 2.11. The molecule has 0 radical (unpaired) electrons. The molecule has 23 heavy (non-hydrogen) atoms. The van der Waals surface area contributed by atoms with E-state index in [1.54, 1.807) is 0 Å². The lowest BCUT2D eigenvalue weighted by Gasteiger charge is -2.39. The predicted molar refractivity (Wildman–Crippen MR) is 125 cm³/mol. The maximum Gasteiger partial charge on any atom is 0.321 e. The van der Waals surface area contributed by atoms with Crippen LogP contribution in [0.2, 0.25) is 31.2 Å². The monoisotopic (exact) mass is 390 g/mol. The molecule has 0 aliphatic rings. The fourth-order valence-electron chi connectivity index (χ4n) is 2.04. The van der Waals surface area contributed by atoms with Gasteiger partial charge in [0.15, 0.2) is 8.32 Å². The molecule has 0 aromatic carbocycles. The largest absolute Gasteiger partial charge is 0.436 e. The lowest BCUT2D eigenvalue weighted by Crippen LogP contribution is -2.51. The Morgan fingerprint density at radius 1 is 0.826 bits per heavy atom. The van der Waals surface area contributed by atoms with E-state index >= 15 is 0 Å². The summed E-state index contributed by atoms with van der Waals surface area (Å²) in [6.45, 7) is 15.4. The first-order valence-electron chi connectivity index (χ1n) is 6.62.